The molecule has 2 unspecified atom stereocenters. The fourth-order valence-electron chi connectivity index (χ4n) is 4.15. The summed E-state index contributed by atoms with van der Waals surface area (Å²) in [5, 5.41) is 9.91. The number of anilines is 1. The van der Waals surface area contributed by atoms with Crippen molar-refractivity contribution in [3.8, 4) is 5.69 Å². The highest BCUT2D eigenvalue weighted by Crippen LogP contribution is 2.24. The number of aryl methyl sites for hydroxylation is 1. The predicted octanol–water partition coefficient (Wildman–Crippen LogP) is 4.37. The molecule has 0 bridgehead atoms. The molecule has 2 aromatic heterocycles. The second-order valence-corrected chi connectivity index (χ2v) is 9.03. The number of benzene rings is 1. The van der Waals surface area contributed by atoms with E-state index in [9.17, 15) is 4.79 Å². The minimum Gasteiger partial charge on any atom is -0.298 e. The molecule has 4 rings (SSSR count). The molecule has 0 saturated carbocycles. The zero-order valence-corrected chi connectivity index (χ0v) is 17.9. The van der Waals surface area contributed by atoms with Crippen LogP contribution in [0.1, 0.15) is 42.0 Å². The van der Waals surface area contributed by atoms with Gasteiger partial charge in [-0.25, -0.2) is 9.67 Å². The van der Waals surface area contributed by atoms with E-state index in [1.807, 2.05) is 47.3 Å². The van der Waals surface area contributed by atoms with Crippen LogP contribution in [0.4, 0.5) is 5.13 Å². The summed E-state index contributed by atoms with van der Waals surface area (Å²) in [6.45, 7) is 9.71. The number of carbonyl (C=O) groups excluding carboxylic acids is 1. The lowest BCUT2D eigenvalue weighted by Gasteiger charge is -2.34. The van der Waals surface area contributed by atoms with E-state index in [0.717, 1.165) is 48.5 Å². The number of aromatic nitrogens is 3. The summed E-state index contributed by atoms with van der Waals surface area (Å²) in [4.78, 5) is 19.7. The van der Waals surface area contributed by atoms with Crippen molar-refractivity contribution >= 4 is 22.4 Å². The Balaban J connectivity index is 1.37. The van der Waals surface area contributed by atoms with Gasteiger partial charge in [0.2, 0.25) is 0 Å². The van der Waals surface area contributed by atoms with Crippen LogP contribution in [0.15, 0.2) is 41.9 Å². The first kappa shape index (κ1) is 19.8. The Morgan fingerprint density at radius 2 is 1.90 bits per heavy atom. The molecule has 6 nitrogen and oxygen atoms in total. The van der Waals surface area contributed by atoms with Gasteiger partial charge in [0.05, 0.1) is 11.4 Å². The van der Waals surface area contributed by atoms with Crippen molar-refractivity contribution in [2.45, 2.75) is 33.7 Å². The van der Waals surface area contributed by atoms with E-state index in [0.29, 0.717) is 10.7 Å². The molecule has 0 spiro atoms. The van der Waals surface area contributed by atoms with Gasteiger partial charge in [0.1, 0.15) is 0 Å². The van der Waals surface area contributed by atoms with Gasteiger partial charge >= 0.3 is 0 Å². The lowest BCUT2D eigenvalue weighted by Crippen LogP contribution is -2.38. The molecular weight excluding hydrogens is 382 g/mol. The maximum absolute atomic E-state index is 12.6. The fraction of sp³-hybridized carbons (Fsp3) is 0.409. The number of piperidine rings is 1. The first-order valence-electron chi connectivity index (χ1n) is 10.1. The molecule has 3 heterocycles. The molecule has 1 amide bonds. The smallest absolute Gasteiger partial charge is 0.257 e. The second kappa shape index (κ2) is 8.47. The Morgan fingerprint density at radius 3 is 2.55 bits per heavy atom. The summed E-state index contributed by atoms with van der Waals surface area (Å²) in [5.41, 5.74) is 3.62. The molecule has 0 aliphatic carbocycles. The summed E-state index contributed by atoms with van der Waals surface area (Å²) in [6.07, 6.45) is 3.06. The lowest BCUT2D eigenvalue weighted by molar-refractivity contribution is 0.102. The van der Waals surface area contributed by atoms with E-state index < -0.39 is 0 Å². The Morgan fingerprint density at radius 1 is 1.17 bits per heavy atom. The number of hydrogen-bond acceptors (Lipinski definition) is 5. The number of hydrogen-bond donors (Lipinski definition) is 1. The standard InChI is InChI=1S/C22H27N5OS/c1-15-10-16(2)12-26(11-15)13-19-14-29-22(24-19)25-21(28)18-4-6-20(7-5-18)27-17(3)8-9-23-27/h4-9,14-16H,10-13H2,1-3H3,(H,24,25,28). The summed E-state index contributed by atoms with van der Waals surface area (Å²) >= 11 is 1.48. The first-order valence-corrected chi connectivity index (χ1v) is 10.9. The van der Waals surface area contributed by atoms with Crippen molar-refractivity contribution < 1.29 is 4.79 Å². The zero-order chi connectivity index (χ0) is 20.4. The molecular formula is C22H27N5OS. The Bertz CT molecular complexity index is 967. The van der Waals surface area contributed by atoms with Gasteiger partial charge in [-0.05, 0) is 55.5 Å². The van der Waals surface area contributed by atoms with Crippen molar-refractivity contribution in [1.29, 1.82) is 0 Å². The molecule has 1 fully saturated rings. The number of likely N-dealkylation sites (tertiary alicyclic amines) is 1. The van der Waals surface area contributed by atoms with Gasteiger partial charge in [0, 0.05) is 42.5 Å². The van der Waals surface area contributed by atoms with Gasteiger partial charge in [-0.15, -0.1) is 11.3 Å². The number of rotatable bonds is 5. The number of amides is 1. The minimum atomic E-state index is -0.144. The van der Waals surface area contributed by atoms with Crippen LogP contribution in [0, 0.1) is 18.8 Å². The van der Waals surface area contributed by atoms with E-state index >= 15 is 0 Å². The van der Waals surface area contributed by atoms with Crippen LogP contribution < -0.4 is 5.32 Å². The molecule has 1 aliphatic heterocycles. The summed E-state index contributed by atoms with van der Waals surface area (Å²) < 4.78 is 1.84. The van der Waals surface area contributed by atoms with Crippen LogP contribution in [0.3, 0.4) is 0 Å². The van der Waals surface area contributed by atoms with Gasteiger partial charge in [0.15, 0.2) is 5.13 Å². The van der Waals surface area contributed by atoms with E-state index in [1.54, 1.807) is 6.20 Å². The van der Waals surface area contributed by atoms with Crippen LogP contribution in [0.5, 0.6) is 0 Å². The van der Waals surface area contributed by atoms with Crippen molar-refractivity contribution in [3.05, 3.63) is 58.9 Å². The monoisotopic (exact) mass is 409 g/mol. The average Bonchev–Trinajstić information content (AvgIpc) is 3.30. The first-order chi connectivity index (χ1) is 14.0. The van der Waals surface area contributed by atoms with Gasteiger partial charge in [-0.1, -0.05) is 13.8 Å². The molecule has 2 atom stereocenters. The molecule has 152 valence electrons. The molecule has 1 saturated heterocycles. The SMILES string of the molecule is Cc1ccnn1-c1ccc(C(=O)Nc2nc(CN3CC(C)CC(C)C3)cs2)cc1. The second-order valence-electron chi connectivity index (χ2n) is 8.17. The summed E-state index contributed by atoms with van der Waals surface area (Å²) in [6, 6.07) is 9.39. The Hall–Kier alpha value is -2.51. The van der Waals surface area contributed by atoms with E-state index in [-0.39, 0.29) is 5.91 Å². The molecule has 0 radical (unpaired) electrons. The predicted molar refractivity (Wildman–Crippen MR) is 117 cm³/mol. The fourth-order valence-corrected chi connectivity index (χ4v) is 4.85. The molecule has 1 N–H and O–H groups in total. The van der Waals surface area contributed by atoms with Crippen LogP contribution in [-0.2, 0) is 6.54 Å². The quantitative estimate of drug-likeness (QED) is 0.680. The maximum Gasteiger partial charge on any atom is 0.257 e. The van der Waals surface area contributed by atoms with E-state index in [4.69, 9.17) is 0 Å². The van der Waals surface area contributed by atoms with Crippen LogP contribution in [-0.4, -0.2) is 38.7 Å². The third-order valence-electron chi connectivity index (χ3n) is 5.31. The van der Waals surface area contributed by atoms with Gasteiger partial charge in [-0.3, -0.25) is 15.0 Å². The third-order valence-corrected chi connectivity index (χ3v) is 6.11. The zero-order valence-electron chi connectivity index (χ0n) is 17.1. The van der Waals surface area contributed by atoms with Crippen molar-refractivity contribution in [3.63, 3.8) is 0 Å². The highest BCUT2D eigenvalue weighted by atomic mass is 32.1. The van der Waals surface area contributed by atoms with Crippen LogP contribution in [0.25, 0.3) is 5.69 Å². The average molecular weight is 410 g/mol. The van der Waals surface area contributed by atoms with Gasteiger partial charge in [0.25, 0.3) is 5.91 Å². The minimum absolute atomic E-state index is 0.144. The largest absolute Gasteiger partial charge is 0.298 e. The van der Waals surface area contributed by atoms with Crippen molar-refractivity contribution in [1.82, 2.24) is 19.7 Å². The number of carbonyl (C=O) groups is 1. The number of nitrogens with zero attached hydrogens (tertiary/aromatic N) is 4. The lowest BCUT2D eigenvalue weighted by atomic mass is 9.92. The highest BCUT2D eigenvalue weighted by Gasteiger charge is 2.22. The molecule has 3 aromatic rings. The molecule has 1 aliphatic rings. The van der Waals surface area contributed by atoms with Crippen molar-refractivity contribution in [2.24, 2.45) is 11.8 Å². The number of nitrogens with one attached hydrogen (secondary N) is 1. The van der Waals surface area contributed by atoms with Crippen molar-refractivity contribution in [2.75, 3.05) is 18.4 Å². The highest BCUT2D eigenvalue weighted by molar-refractivity contribution is 7.13. The molecule has 1 aromatic carbocycles. The maximum atomic E-state index is 12.6. The molecule has 7 heteroatoms. The number of thiazole rings is 1. The van der Waals surface area contributed by atoms with Gasteiger partial charge in [-0.2, -0.15) is 5.10 Å². The summed E-state index contributed by atoms with van der Waals surface area (Å²) in [5.74, 6) is 1.31. The topological polar surface area (TPSA) is 63.1 Å². The van der Waals surface area contributed by atoms with Crippen LogP contribution >= 0.6 is 11.3 Å². The third kappa shape index (κ3) is 4.74. The van der Waals surface area contributed by atoms with E-state index in [1.165, 1.54) is 17.8 Å². The normalized spacial score (nSPS) is 20.0. The van der Waals surface area contributed by atoms with Gasteiger partial charge < -0.3 is 0 Å². The summed E-state index contributed by atoms with van der Waals surface area (Å²) in [7, 11) is 0. The Kier molecular flexibility index (Phi) is 5.78. The van der Waals surface area contributed by atoms with Crippen LogP contribution in [0.2, 0.25) is 0 Å². The molecule has 29 heavy (non-hydrogen) atoms. The van der Waals surface area contributed by atoms with E-state index in [2.05, 4.69) is 34.1 Å². The Labute approximate surface area is 175 Å².